The Labute approximate surface area is 156 Å². The van der Waals surface area contributed by atoms with E-state index in [0.29, 0.717) is 31.7 Å². The molecule has 2 heterocycles. The number of nitrogens with zero attached hydrogens (tertiary/aromatic N) is 2. The summed E-state index contributed by atoms with van der Waals surface area (Å²) in [5.74, 6) is 1.68. The Morgan fingerprint density at radius 2 is 1.85 bits per heavy atom. The maximum Gasteiger partial charge on any atom is 0.227 e. The van der Waals surface area contributed by atoms with Crippen molar-refractivity contribution in [1.82, 2.24) is 9.80 Å². The zero-order chi connectivity index (χ0) is 18.5. The van der Waals surface area contributed by atoms with Gasteiger partial charge in [0.15, 0.2) is 11.5 Å². The SMILES string of the molecule is COCCCN1C(C)CN(C(=O)Cc2ccc3c(c2)OCCO3)CC1C. The Morgan fingerprint density at radius 1 is 1.15 bits per heavy atom. The lowest BCUT2D eigenvalue weighted by atomic mass is 10.1. The lowest BCUT2D eigenvalue weighted by Gasteiger charge is -2.44. The number of hydrogen-bond donors (Lipinski definition) is 0. The van der Waals surface area contributed by atoms with Crippen LogP contribution in [0.25, 0.3) is 0 Å². The van der Waals surface area contributed by atoms with Crippen LogP contribution in [0.2, 0.25) is 0 Å². The molecule has 1 saturated heterocycles. The minimum absolute atomic E-state index is 0.178. The molecule has 0 aliphatic carbocycles. The standard InChI is InChI=1S/C20H30N2O4/c1-15-13-21(14-16(2)22(15)7-4-8-24-3)20(23)12-17-5-6-18-19(11-17)26-10-9-25-18/h5-6,11,15-16H,4,7-10,12-14H2,1-3H3. The van der Waals surface area contributed by atoms with Gasteiger partial charge in [-0.05, 0) is 38.0 Å². The van der Waals surface area contributed by atoms with Gasteiger partial charge in [-0.1, -0.05) is 6.07 Å². The Kier molecular flexibility index (Phi) is 6.38. The highest BCUT2D eigenvalue weighted by molar-refractivity contribution is 5.79. The highest BCUT2D eigenvalue weighted by Gasteiger charge is 2.31. The van der Waals surface area contributed by atoms with Gasteiger partial charge in [-0.2, -0.15) is 0 Å². The predicted octanol–water partition coefficient (Wildman–Crippen LogP) is 1.96. The number of amides is 1. The molecule has 26 heavy (non-hydrogen) atoms. The van der Waals surface area contributed by atoms with Gasteiger partial charge in [0.05, 0.1) is 6.42 Å². The molecule has 0 radical (unpaired) electrons. The van der Waals surface area contributed by atoms with E-state index in [0.717, 1.165) is 49.7 Å². The van der Waals surface area contributed by atoms with E-state index in [9.17, 15) is 4.79 Å². The first-order chi connectivity index (χ1) is 12.6. The molecule has 0 N–H and O–H groups in total. The molecule has 3 rings (SSSR count). The van der Waals surface area contributed by atoms with Gasteiger partial charge in [-0.15, -0.1) is 0 Å². The van der Waals surface area contributed by atoms with Gasteiger partial charge in [-0.3, -0.25) is 9.69 Å². The van der Waals surface area contributed by atoms with Crippen molar-refractivity contribution in [1.29, 1.82) is 0 Å². The van der Waals surface area contributed by atoms with E-state index in [1.54, 1.807) is 7.11 Å². The molecule has 1 aromatic rings. The van der Waals surface area contributed by atoms with Crippen LogP contribution in [0, 0.1) is 0 Å². The van der Waals surface area contributed by atoms with E-state index in [2.05, 4.69) is 18.7 Å². The second kappa shape index (κ2) is 8.73. The van der Waals surface area contributed by atoms with E-state index in [1.165, 1.54) is 0 Å². The van der Waals surface area contributed by atoms with Gasteiger partial charge in [-0.25, -0.2) is 0 Å². The molecule has 144 valence electrons. The lowest BCUT2D eigenvalue weighted by molar-refractivity contribution is -0.134. The zero-order valence-corrected chi connectivity index (χ0v) is 16.1. The smallest absolute Gasteiger partial charge is 0.227 e. The van der Waals surface area contributed by atoms with Crippen LogP contribution in [0.3, 0.4) is 0 Å². The molecule has 0 bridgehead atoms. The number of ether oxygens (including phenoxy) is 3. The van der Waals surface area contributed by atoms with Gasteiger partial charge < -0.3 is 19.1 Å². The molecule has 6 heteroatoms. The summed E-state index contributed by atoms with van der Waals surface area (Å²) in [6.07, 6.45) is 1.43. The van der Waals surface area contributed by atoms with E-state index >= 15 is 0 Å². The minimum Gasteiger partial charge on any atom is -0.486 e. The third-order valence-corrected chi connectivity index (χ3v) is 5.18. The van der Waals surface area contributed by atoms with E-state index in [4.69, 9.17) is 14.2 Å². The Bertz CT molecular complexity index is 610. The summed E-state index contributed by atoms with van der Waals surface area (Å²) in [4.78, 5) is 17.3. The Balaban J connectivity index is 1.57. The maximum absolute atomic E-state index is 12.8. The van der Waals surface area contributed by atoms with E-state index < -0.39 is 0 Å². The Morgan fingerprint density at radius 3 is 2.54 bits per heavy atom. The molecule has 2 aliphatic heterocycles. The zero-order valence-electron chi connectivity index (χ0n) is 16.1. The van der Waals surface area contributed by atoms with Gasteiger partial charge in [0.1, 0.15) is 13.2 Å². The van der Waals surface area contributed by atoms with Crippen molar-refractivity contribution in [3.05, 3.63) is 23.8 Å². The van der Waals surface area contributed by atoms with Crippen molar-refractivity contribution < 1.29 is 19.0 Å². The van der Waals surface area contributed by atoms with E-state index in [1.807, 2.05) is 23.1 Å². The van der Waals surface area contributed by atoms with Gasteiger partial charge >= 0.3 is 0 Å². The quantitative estimate of drug-likeness (QED) is 0.724. The third-order valence-electron chi connectivity index (χ3n) is 5.18. The molecule has 1 fully saturated rings. The molecular formula is C20H30N2O4. The van der Waals surface area contributed by atoms with Crippen LogP contribution in [-0.2, 0) is 16.0 Å². The fourth-order valence-electron chi connectivity index (χ4n) is 3.88. The number of carbonyl (C=O) groups is 1. The average molecular weight is 362 g/mol. The van der Waals surface area contributed by atoms with Crippen LogP contribution in [0.15, 0.2) is 18.2 Å². The molecule has 2 aliphatic rings. The molecule has 1 aromatic carbocycles. The fraction of sp³-hybridized carbons (Fsp3) is 0.650. The number of carbonyl (C=O) groups excluding carboxylic acids is 1. The summed E-state index contributed by atoms with van der Waals surface area (Å²) >= 11 is 0. The van der Waals surface area contributed by atoms with Crippen LogP contribution in [0.4, 0.5) is 0 Å². The topological polar surface area (TPSA) is 51.2 Å². The number of rotatable bonds is 6. The number of benzene rings is 1. The first kappa shape index (κ1) is 19.0. The van der Waals surface area contributed by atoms with Crippen LogP contribution < -0.4 is 9.47 Å². The van der Waals surface area contributed by atoms with Crippen LogP contribution in [0.1, 0.15) is 25.8 Å². The van der Waals surface area contributed by atoms with Gasteiger partial charge in [0.25, 0.3) is 0 Å². The van der Waals surface area contributed by atoms with Crippen LogP contribution >= 0.6 is 0 Å². The molecule has 1 amide bonds. The number of piperazine rings is 1. The molecule has 6 nitrogen and oxygen atoms in total. The highest BCUT2D eigenvalue weighted by atomic mass is 16.6. The lowest BCUT2D eigenvalue weighted by Crippen LogP contribution is -2.58. The number of fused-ring (bicyclic) bond motifs is 1. The predicted molar refractivity (Wildman–Crippen MR) is 99.8 cm³/mol. The van der Waals surface area contributed by atoms with Crippen LogP contribution in [0.5, 0.6) is 11.5 Å². The molecule has 0 spiro atoms. The third kappa shape index (κ3) is 4.48. The van der Waals surface area contributed by atoms with Gasteiger partial charge in [0.2, 0.25) is 5.91 Å². The maximum atomic E-state index is 12.8. The summed E-state index contributed by atoms with van der Waals surface area (Å²) in [7, 11) is 1.74. The fourth-order valence-corrected chi connectivity index (χ4v) is 3.88. The highest BCUT2D eigenvalue weighted by Crippen LogP contribution is 2.31. The summed E-state index contributed by atoms with van der Waals surface area (Å²) in [5.41, 5.74) is 0.974. The van der Waals surface area contributed by atoms with Crippen molar-refractivity contribution in [2.75, 3.05) is 46.6 Å². The summed E-state index contributed by atoms with van der Waals surface area (Å²) in [6.45, 7) is 8.89. The number of hydrogen-bond acceptors (Lipinski definition) is 5. The van der Waals surface area contributed by atoms with Crippen molar-refractivity contribution >= 4 is 5.91 Å². The Hall–Kier alpha value is -1.79. The normalized spacial score (nSPS) is 23.1. The van der Waals surface area contributed by atoms with Crippen molar-refractivity contribution in [2.45, 2.75) is 38.8 Å². The summed E-state index contributed by atoms with van der Waals surface area (Å²) in [6, 6.07) is 6.51. The second-order valence-electron chi connectivity index (χ2n) is 7.24. The molecule has 2 unspecified atom stereocenters. The summed E-state index contributed by atoms with van der Waals surface area (Å²) < 4.78 is 16.3. The van der Waals surface area contributed by atoms with Crippen molar-refractivity contribution in [3.8, 4) is 11.5 Å². The number of methoxy groups -OCH3 is 1. The summed E-state index contributed by atoms with van der Waals surface area (Å²) in [5, 5.41) is 0. The largest absolute Gasteiger partial charge is 0.486 e. The molecule has 2 atom stereocenters. The second-order valence-corrected chi connectivity index (χ2v) is 7.24. The van der Waals surface area contributed by atoms with Crippen LogP contribution in [-0.4, -0.2) is 74.4 Å². The monoisotopic (exact) mass is 362 g/mol. The molecule has 0 aromatic heterocycles. The first-order valence-corrected chi connectivity index (χ1v) is 9.49. The molecule has 0 saturated carbocycles. The van der Waals surface area contributed by atoms with Crippen molar-refractivity contribution in [2.24, 2.45) is 0 Å². The van der Waals surface area contributed by atoms with Crippen molar-refractivity contribution in [3.63, 3.8) is 0 Å². The minimum atomic E-state index is 0.178. The van der Waals surface area contributed by atoms with Gasteiger partial charge in [0, 0.05) is 45.4 Å². The average Bonchev–Trinajstić information content (AvgIpc) is 2.63. The molecular weight excluding hydrogens is 332 g/mol. The first-order valence-electron chi connectivity index (χ1n) is 9.49. The van der Waals surface area contributed by atoms with E-state index in [-0.39, 0.29) is 5.91 Å².